The highest BCUT2D eigenvalue weighted by Gasteiger charge is 2.16. The van der Waals surface area contributed by atoms with E-state index in [2.05, 4.69) is 50.4 Å². The Kier molecular flexibility index (Phi) is 7.80. The van der Waals surface area contributed by atoms with Crippen LogP contribution in [0.4, 0.5) is 5.69 Å². The minimum absolute atomic E-state index is 0. The molecule has 0 unspecified atom stereocenters. The normalized spacial score (nSPS) is 14.3. The van der Waals surface area contributed by atoms with Crippen molar-refractivity contribution in [2.45, 2.75) is 20.3 Å². The summed E-state index contributed by atoms with van der Waals surface area (Å²) in [5.74, 6) is -0.0905. The van der Waals surface area contributed by atoms with Crippen LogP contribution in [0.2, 0.25) is 0 Å². The minimum Gasteiger partial charge on any atom is -0.369 e. The first-order chi connectivity index (χ1) is 14.3. The molecule has 5 heteroatoms. The molecule has 2 heterocycles. The Morgan fingerprint density at radius 3 is 2.37 bits per heavy atom. The van der Waals surface area contributed by atoms with Crippen molar-refractivity contribution < 1.29 is 4.79 Å². The fraction of sp³-hybridized carbons (Fsp3) is 0.360. The standard InChI is InChI=1S/C24H28N4O.CH4/c29-24(23-18-20-8-4-5-9-21(20)19-26-23)25-12-6-7-13-27-14-16-28(17-15-27)22-10-2-1-3-11-22;/h1-5,8-11,18-19H,6-7,12-17H2,(H,25,29);1H4. The third-order valence-corrected chi connectivity index (χ3v) is 5.54. The van der Waals surface area contributed by atoms with Gasteiger partial charge in [0.15, 0.2) is 0 Å². The van der Waals surface area contributed by atoms with E-state index in [1.807, 2.05) is 30.3 Å². The Bertz CT molecular complexity index is 936. The molecule has 5 nitrogen and oxygen atoms in total. The van der Waals surface area contributed by atoms with Crippen molar-refractivity contribution in [2.75, 3.05) is 44.2 Å². The lowest BCUT2D eigenvalue weighted by molar-refractivity contribution is 0.0947. The van der Waals surface area contributed by atoms with Gasteiger partial charge in [0.1, 0.15) is 5.69 Å². The molecule has 0 radical (unpaired) electrons. The van der Waals surface area contributed by atoms with E-state index >= 15 is 0 Å². The van der Waals surface area contributed by atoms with Gasteiger partial charge in [-0.1, -0.05) is 49.9 Å². The SMILES string of the molecule is C.O=C(NCCCCN1CCN(c2ccccc2)CC1)c1cc2ccccc2cn1. The average Bonchev–Trinajstić information content (AvgIpc) is 2.79. The molecule has 0 bridgehead atoms. The van der Waals surface area contributed by atoms with Crippen LogP contribution in [0, 0.1) is 0 Å². The Morgan fingerprint density at radius 2 is 1.60 bits per heavy atom. The molecule has 4 rings (SSSR count). The van der Waals surface area contributed by atoms with E-state index in [4.69, 9.17) is 0 Å². The highest BCUT2D eigenvalue weighted by Crippen LogP contribution is 2.16. The molecule has 0 aliphatic carbocycles. The molecule has 1 aliphatic rings. The molecule has 1 amide bonds. The largest absolute Gasteiger partial charge is 0.369 e. The predicted octanol–water partition coefficient (Wildman–Crippen LogP) is 4.20. The van der Waals surface area contributed by atoms with Crippen molar-refractivity contribution in [3.63, 3.8) is 0 Å². The number of anilines is 1. The molecule has 1 fully saturated rings. The number of piperazine rings is 1. The zero-order chi connectivity index (χ0) is 19.9. The number of para-hydroxylation sites is 1. The molecule has 0 saturated carbocycles. The molecule has 3 aromatic rings. The van der Waals surface area contributed by atoms with Gasteiger partial charge in [0.2, 0.25) is 0 Å². The Labute approximate surface area is 179 Å². The second-order valence-corrected chi connectivity index (χ2v) is 7.54. The number of pyridine rings is 1. The number of carbonyl (C=O) groups is 1. The molecule has 1 aromatic heterocycles. The summed E-state index contributed by atoms with van der Waals surface area (Å²) in [6, 6.07) is 20.5. The number of nitrogens with one attached hydrogen (secondary N) is 1. The first-order valence-corrected chi connectivity index (χ1v) is 10.4. The Balaban J connectivity index is 0.00000256. The van der Waals surface area contributed by atoms with E-state index in [1.165, 1.54) is 5.69 Å². The van der Waals surface area contributed by atoms with Crippen LogP contribution in [0.1, 0.15) is 30.8 Å². The second kappa shape index (κ2) is 10.7. The van der Waals surface area contributed by atoms with Crippen LogP contribution in [0.25, 0.3) is 10.8 Å². The number of hydrogen-bond donors (Lipinski definition) is 1. The number of aromatic nitrogens is 1. The first-order valence-electron chi connectivity index (χ1n) is 10.4. The first kappa shape index (κ1) is 21.8. The topological polar surface area (TPSA) is 48.5 Å². The van der Waals surface area contributed by atoms with Gasteiger partial charge in [-0.05, 0) is 43.0 Å². The molecule has 0 atom stereocenters. The van der Waals surface area contributed by atoms with Crippen molar-refractivity contribution in [2.24, 2.45) is 0 Å². The van der Waals surface area contributed by atoms with E-state index in [1.54, 1.807) is 6.20 Å². The van der Waals surface area contributed by atoms with Crippen LogP contribution >= 0.6 is 0 Å². The lowest BCUT2D eigenvalue weighted by atomic mass is 10.1. The van der Waals surface area contributed by atoms with Crippen molar-refractivity contribution in [3.8, 4) is 0 Å². The maximum atomic E-state index is 12.3. The average molecular weight is 405 g/mol. The van der Waals surface area contributed by atoms with Crippen molar-refractivity contribution in [1.82, 2.24) is 15.2 Å². The van der Waals surface area contributed by atoms with Gasteiger partial charge in [-0.25, -0.2) is 0 Å². The molecular formula is C25H32N4O. The van der Waals surface area contributed by atoms with Gasteiger partial charge in [0.05, 0.1) is 0 Å². The Hall–Kier alpha value is -2.92. The quantitative estimate of drug-likeness (QED) is 0.600. The van der Waals surface area contributed by atoms with Crippen LogP contribution < -0.4 is 10.2 Å². The van der Waals surface area contributed by atoms with E-state index < -0.39 is 0 Å². The molecule has 158 valence electrons. The number of nitrogens with zero attached hydrogens (tertiary/aromatic N) is 3. The summed E-state index contributed by atoms with van der Waals surface area (Å²) in [5.41, 5.74) is 1.80. The summed E-state index contributed by atoms with van der Waals surface area (Å²) < 4.78 is 0. The lowest BCUT2D eigenvalue weighted by Gasteiger charge is -2.36. The van der Waals surface area contributed by atoms with Crippen molar-refractivity contribution in [3.05, 3.63) is 72.6 Å². The molecule has 1 N–H and O–H groups in total. The summed E-state index contributed by atoms with van der Waals surface area (Å²) in [7, 11) is 0. The zero-order valence-electron chi connectivity index (χ0n) is 16.8. The van der Waals surface area contributed by atoms with E-state index in [0.717, 1.165) is 56.3 Å². The summed E-state index contributed by atoms with van der Waals surface area (Å²) >= 11 is 0. The minimum atomic E-state index is -0.0905. The van der Waals surface area contributed by atoms with Gasteiger partial charge in [0, 0.05) is 50.0 Å². The number of amides is 1. The smallest absolute Gasteiger partial charge is 0.269 e. The Morgan fingerprint density at radius 1 is 0.900 bits per heavy atom. The summed E-state index contributed by atoms with van der Waals surface area (Å²) in [5, 5.41) is 5.10. The number of fused-ring (bicyclic) bond motifs is 1. The van der Waals surface area contributed by atoms with Crippen LogP contribution in [-0.2, 0) is 0 Å². The number of hydrogen-bond acceptors (Lipinski definition) is 4. The van der Waals surface area contributed by atoms with Gasteiger partial charge in [-0.2, -0.15) is 0 Å². The fourth-order valence-electron chi connectivity index (χ4n) is 3.83. The molecule has 0 spiro atoms. The van der Waals surface area contributed by atoms with Gasteiger partial charge >= 0.3 is 0 Å². The van der Waals surface area contributed by atoms with Crippen molar-refractivity contribution >= 4 is 22.4 Å². The summed E-state index contributed by atoms with van der Waals surface area (Å²) in [6.07, 6.45) is 3.84. The molecular weight excluding hydrogens is 372 g/mol. The maximum absolute atomic E-state index is 12.3. The lowest BCUT2D eigenvalue weighted by Crippen LogP contribution is -2.46. The molecule has 1 saturated heterocycles. The number of rotatable bonds is 7. The number of benzene rings is 2. The molecule has 1 aliphatic heterocycles. The van der Waals surface area contributed by atoms with E-state index in [0.29, 0.717) is 12.2 Å². The molecule has 30 heavy (non-hydrogen) atoms. The summed E-state index contributed by atoms with van der Waals surface area (Å²) in [6.45, 7) is 6.14. The van der Waals surface area contributed by atoms with Gasteiger partial charge in [-0.3, -0.25) is 14.7 Å². The molecule has 2 aromatic carbocycles. The van der Waals surface area contributed by atoms with Gasteiger partial charge < -0.3 is 10.2 Å². The summed E-state index contributed by atoms with van der Waals surface area (Å²) in [4.78, 5) is 21.6. The zero-order valence-corrected chi connectivity index (χ0v) is 16.8. The van der Waals surface area contributed by atoms with Gasteiger partial charge in [0.25, 0.3) is 5.91 Å². The van der Waals surface area contributed by atoms with Crippen LogP contribution in [0.5, 0.6) is 0 Å². The fourth-order valence-corrected chi connectivity index (χ4v) is 3.83. The van der Waals surface area contributed by atoms with Gasteiger partial charge in [-0.15, -0.1) is 0 Å². The third kappa shape index (κ3) is 5.57. The van der Waals surface area contributed by atoms with Crippen LogP contribution in [-0.4, -0.2) is 55.1 Å². The number of unbranched alkanes of at least 4 members (excludes halogenated alkanes) is 1. The van der Waals surface area contributed by atoms with Crippen molar-refractivity contribution in [1.29, 1.82) is 0 Å². The highest BCUT2D eigenvalue weighted by atomic mass is 16.1. The maximum Gasteiger partial charge on any atom is 0.269 e. The second-order valence-electron chi connectivity index (χ2n) is 7.54. The predicted molar refractivity (Wildman–Crippen MR) is 125 cm³/mol. The van der Waals surface area contributed by atoms with Crippen LogP contribution in [0.15, 0.2) is 66.9 Å². The van der Waals surface area contributed by atoms with E-state index in [9.17, 15) is 4.79 Å². The third-order valence-electron chi connectivity index (χ3n) is 5.54. The highest BCUT2D eigenvalue weighted by molar-refractivity contribution is 5.96. The van der Waals surface area contributed by atoms with E-state index in [-0.39, 0.29) is 13.3 Å². The van der Waals surface area contributed by atoms with Crippen LogP contribution in [0.3, 0.4) is 0 Å². The number of carbonyl (C=O) groups excluding carboxylic acids is 1. The monoisotopic (exact) mass is 404 g/mol.